The van der Waals surface area contributed by atoms with E-state index in [1.54, 1.807) is 28.5 Å². The maximum atomic E-state index is 12.8. The summed E-state index contributed by atoms with van der Waals surface area (Å²) < 4.78 is 12.1. The lowest BCUT2D eigenvalue weighted by molar-refractivity contribution is 0.0297. The molecule has 4 rings (SSSR count). The monoisotopic (exact) mass is 345 g/mol. The van der Waals surface area contributed by atoms with Gasteiger partial charge in [0.2, 0.25) is 0 Å². The van der Waals surface area contributed by atoms with Crippen LogP contribution in [0.3, 0.4) is 0 Å². The van der Waals surface area contributed by atoms with E-state index in [1.165, 1.54) is 6.26 Å². The number of ether oxygens (including phenoxy) is 1. The fourth-order valence-electron chi connectivity index (χ4n) is 3.25. The molecule has 0 bridgehead atoms. The van der Waals surface area contributed by atoms with E-state index in [4.69, 9.17) is 9.15 Å². The Labute approximate surface area is 144 Å². The first kappa shape index (κ1) is 15.8. The van der Waals surface area contributed by atoms with Crippen LogP contribution in [0.2, 0.25) is 0 Å². The zero-order valence-electron chi connectivity index (χ0n) is 14.2. The number of amides is 2. The Hall–Kier alpha value is -2.68. The highest BCUT2D eigenvalue weighted by molar-refractivity contribution is 5.96. The largest absolute Gasteiger partial charge is 0.448 e. The summed E-state index contributed by atoms with van der Waals surface area (Å²) in [5.74, 6) is 0.134. The number of fused-ring (bicyclic) bond motifs is 1. The van der Waals surface area contributed by atoms with Crippen LogP contribution in [-0.4, -0.2) is 62.7 Å². The number of hydrogen-bond donors (Lipinski definition) is 0. The van der Waals surface area contributed by atoms with Crippen LogP contribution in [0.5, 0.6) is 0 Å². The van der Waals surface area contributed by atoms with Gasteiger partial charge in [-0.1, -0.05) is 0 Å². The molecule has 2 aliphatic heterocycles. The molecule has 1 fully saturated rings. The Balaban J connectivity index is 1.57. The summed E-state index contributed by atoms with van der Waals surface area (Å²) in [4.78, 5) is 32.9. The third-order valence-electron chi connectivity index (χ3n) is 4.59. The third kappa shape index (κ3) is 2.70. The number of nitrogens with zero attached hydrogens (tertiary/aromatic N) is 5. The average molecular weight is 345 g/mol. The molecular weight excluding hydrogens is 326 g/mol. The molecule has 9 nitrogen and oxygen atoms in total. The predicted octanol–water partition coefficient (Wildman–Crippen LogP) is 0.345. The Morgan fingerprint density at radius 1 is 1.12 bits per heavy atom. The van der Waals surface area contributed by atoms with Gasteiger partial charge < -0.3 is 19.0 Å². The molecule has 0 atom stereocenters. The zero-order chi connectivity index (χ0) is 17.6. The summed E-state index contributed by atoms with van der Waals surface area (Å²) in [6.45, 7) is 4.64. The molecule has 0 aliphatic carbocycles. The number of carbonyl (C=O) groups is 2. The van der Waals surface area contributed by atoms with E-state index in [0.29, 0.717) is 51.0 Å². The number of hydrogen-bond acceptors (Lipinski definition) is 6. The fraction of sp³-hybridized carbons (Fsp3) is 0.500. The SMILES string of the molecule is Cc1nc(C(=O)N2Cc3c(C(=O)N4CCOCC4)nn(C)c3C2)co1. The highest BCUT2D eigenvalue weighted by Crippen LogP contribution is 2.27. The van der Waals surface area contributed by atoms with Gasteiger partial charge in [-0.15, -0.1) is 0 Å². The number of carbonyl (C=O) groups excluding carboxylic acids is 2. The molecular formula is C16H19N5O4. The van der Waals surface area contributed by atoms with Crippen molar-refractivity contribution in [2.75, 3.05) is 26.3 Å². The van der Waals surface area contributed by atoms with E-state index >= 15 is 0 Å². The van der Waals surface area contributed by atoms with Gasteiger partial charge in [-0.05, 0) is 0 Å². The molecule has 0 unspecified atom stereocenters. The van der Waals surface area contributed by atoms with E-state index < -0.39 is 0 Å². The highest BCUT2D eigenvalue weighted by atomic mass is 16.5. The van der Waals surface area contributed by atoms with Gasteiger partial charge in [0.25, 0.3) is 11.8 Å². The van der Waals surface area contributed by atoms with Gasteiger partial charge in [0.15, 0.2) is 17.3 Å². The summed E-state index contributed by atoms with van der Waals surface area (Å²) in [6.07, 6.45) is 1.36. The topological polar surface area (TPSA) is 93.7 Å². The lowest BCUT2D eigenvalue weighted by atomic mass is 10.2. The van der Waals surface area contributed by atoms with E-state index in [0.717, 1.165) is 11.3 Å². The van der Waals surface area contributed by atoms with Crippen molar-refractivity contribution in [3.05, 3.63) is 34.8 Å². The number of oxazole rings is 1. The summed E-state index contributed by atoms with van der Waals surface area (Å²) in [5, 5.41) is 4.39. The number of aromatic nitrogens is 3. The van der Waals surface area contributed by atoms with Crippen molar-refractivity contribution in [3.63, 3.8) is 0 Å². The highest BCUT2D eigenvalue weighted by Gasteiger charge is 2.34. The molecule has 2 aromatic heterocycles. The van der Waals surface area contributed by atoms with Crippen molar-refractivity contribution in [3.8, 4) is 0 Å². The Morgan fingerprint density at radius 3 is 2.56 bits per heavy atom. The average Bonchev–Trinajstić information content (AvgIpc) is 3.31. The normalized spacial score (nSPS) is 17.0. The standard InChI is InChI=1S/C16H19N5O4/c1-10-17-12(9-25-10)15(22)21-7-11-13(8-21)19(2)18-14(11)16(23)20-3-5-24-6-4-20/h9H,3-8H2,1-2H3. The van der Waals surface area contributed by atoms with Crippen LogP contribution in [0, 0.1) is 6.92 Å². The maximum Gasteiger partial charge on any atom is 0.276 e. The second kappa shape index (κ2) is 5.99. The minimum Gasteiger partial charge on any atom is -0.448 e. The van der Waals surface area contributed by atoms with Gasteiger partial charge in [-0.25, -0.2) is 4.98 Å². The Bertz CT molecular complexity index is 834. The first-order chi connectivity index (χ1) is 12.0. The van der Waals surface area contributed by atoms with E-state index in [1.807, 2.05) is 0 Å². The van der Waals surface area contributed by atoms with E-state index in [-0.39, 0.29) is 17.5 Å². The van der Waals surface area contributed by atoms with Crippen LogP contribution in [-0.2, 0) is 24.9 Å². The van der Waals surface area contributed by atoms with E-state index in [2.05, 4.69) is 10.1 Å². The lowest BCUT2D eigenvalue weighted by Gasteiger charge is -2.26. The second-order valence-electron chi connectivity index (χ2n) is 6.22. The third-order valence-corrected chi connectivity index (χ3v) is 4.59. The quantitative estimate of drug-likeness (QED) is 0.779. The van der Waals surface area contributed by atoms with Gasteiger partial charge in [0.1, 0.15) is 6.26 Å². The molecule has 9 heteroatoms. The first-order valence-corrected chi connectivity index (χ1v) is 8.17. The summed E-state index contributed by atoms with van der Waals surface area (Å²) in [6, 6.07) is 0. The molecule has 132 valence electrons. The maximum absolute atomic E-state index is 12.8. The molecule has 2 amide bonds. The van der Waals surface area contributed by atoms with Gasteiger partial charge >= 0.3 is 0 Å². The smallest absolute Gasteiger partial charge is 0.276 e. The van der Waals surface area contributed by atoms with Gasteiger partial charge in [0.05, 0.1) is 32.0 Å². The molecule has 4 heterocycles. The van der Waals surface area contributed by atoms with Crippen LogP contribution in [0.1, 0.15) is 38.1 Å². The minimum absolute atomic E-state index is 0.105. The molecule has 0 N–H and O–H groups in total. The summed E-state index contributed by atoms with van der Waals surface area (Å²) >= 11 is 0. The summed E-state index contributed by atoms with van der Waals surface area (Å²) in [5.41, 5.74) is 2.39. The van der Waals surface area contributed by atoms with Crippen LogP contribution in [0.15, 0.2) is 10.7 Å². The minimum atomic E-state index is -0.210. The van der Waals surface area contributed by atoms with Crippen molar-refractivity contribution in [1.29, 1.82) is 0 Å². The number of aryl methyl sites for hydroxylation is 2. The molecule has 0 saturated carbocycles. The molecule has 25 heavy (non-hydrogen) atoms. The fourth-order valence-corrected chi connectivity index (χ4v) is 3.25. The Morgan fingerprint density at radius 2 is 1.88 bits per heavy atom. The van der Waals surface area contributed by atoms with Crippen molar-refractivity contribution >= 4 is 11.8 Å². The predicted molar refractivity (Wildman–Crippen MR) is 84.7 cm³/mol. The molecule has 0 spiro atoms. The van der Waals surface area contributed by atoms with Gasteiger partial charge in [0, 0.05) is 32.6 Å². The van der Waals surface area contributed by atoms with Crippen molar-refractivity contribution in [2.45, 2.75) is 20.0 Å². The van der Waals surface area contributed by atoms with Crippen LogP contribution in [0.4, 0.5) is 0 Å². The molecule has 0 radical (unpaired) electrons. The molecule has 2 aromatic rings. The zero-order valence-corrected chi connectivity index (χ0v) is 14.2. The van der Waals surface area contributed by atoms with Crippen LogP contribution >= 0.6 is 0 Å². The molecule has 2 aliphatic rings. The van der Waals surface area contributed by atoms with Gasteiger partial charge in [-0.3, -0.25) is 14.3 Å². The number of morpholine rings is 1. The van der Waals surface area contributed by atoms with Gasteiger partial charge in [-0.2, -0.15) is 5.10 Å². The van der Waals surface area contributed by atoms with Crippen LogP contribution < -0.4 is 0 Å². The first-order valence-electron chi connectivity index (χ1n) is 8.17. The Kier molecular flexibility index (Phi) is 3.79. The summed E-state index contributed by atoms with van der Waals surface area (Å²) in [7, 11) is 1.79. The van der Waals surface area contributed by atoms with Crippen molar-refractivity contribution in [1.82, 2.24) is 24.6 Å². The van der Waals surface area contributed by atoms with Crippen molar-refractivity contribution in [2.24, 2.45) is 7.05 Å². The molecule has 1 saturated heterocycles. The second-order valence-corrected chi connectivity index (χ2v) is 6.22. The lowest BCUT2D eigenvalue weighted by Crippen LogP contribution is -2.41. The van der Waals surface area contributed by atoms with Crippen molar-refractivity contribution < 1.29 is 18.7 Å². The number of rotatable bonds is 2. The molecule has 0 aromatic carbocycles. The van der Waals surface area contributed by atoms with Crippen LogP contribution in [0.25, 0.3) is 0 Å². The van der Waals surface area contributed by atoms with E-state index in [9.17, 15) is 9.59 Å².